The molecular weight excluding hydrogens is 1090 g/mol. The number of phenols is 2. The summed E-state index contributed by atoms with van der Waals surface area (Å²) < 4.78 is 25.0. The summed E-state index contributed by atoms with van der Waals surface area (Å²) in [4.78, 5) is 80.8. The monoisotopic (exact) mass is 1160 g/mol. The predicted molar refractivity (Wildman–Crippen MR) is 313 cm³/mol. The number of anilines is 1. The number of phenolic OH excluding ortho intramolecular Hbond substituents is 2. The minimum atomic E-state index is -0.822. The van der Waals surface area contributed by atoms with Crippen molar-refractivity contribution in [3.05, 3.63) is 121 Å². The Bertz CT molecular complexity index is 3550. The average Bonchev–Trinajstić information content (AvgIpc) is 0.966. The molecule has 21 nitrogen and oxygen atoms in total. The number of para-hydroxylation sites is 1. The minimum absolute atomic E-state index is 0.0305. The number of nitriles is 2. The van der Waals surface area contributed by atoms with E-state index >= 15 is 0 Å². The molecule has 0 saturated carbocycles. The molecule has 8 aliphatic rings. The number of aliphatic imine (C=N–C) groups is 1. The van der Waals surface area contributed by atoms with E-state index in [0.29, 0.717) is 46.6 Å². The second kappa shape index (κ2) is 23.3. The number of rotatable bonds is 12. The Hall–Kier alpha value is -7.83. The van der Waals surface area contributed by atoms with Crippen molar-refractivity contribution >= 4 is 52.2 Å². The molecule has 3 aromatic carbocycles. The molecule has 84 heavy (non-hydrogen) atoms. The van der Waals surface area contributed by atoms with Gasteiger partial charge in [-0.2, -0.15) is 10.5 Å². The van der Waals surface area contributed by atoms with Gasteiger partial charge in [-0.15, -0.1) is 0 Å². The van der Waals surface area contributed by atoms with Crippen LogP contribution in [0.5, 0.6) is 23.0 Å². The zero-order chi connectivity index (χ0) is 60.5. The first kappa shape index (κ1) is 59.3. The molecule has 5 unspecified atom stereocenters. The molecule has 11 atom stereocenters. The highest BCUT2D eigenvalue weighted by Gasteiger charge is 2.60. The molecule has 0 spiro atoms. The number of hydrogen-bond donors (Lipinski definition) is 5. The van der Waals surface area contributed by atoms with Crippen molar-refractivity contribution in [3.8, 4) is 35.1 Å². The molecule has 11 rings (SSSR count). The van der Waals surface area contributed by atoms with Crippen LogP contribution in [0.2, 0.25) is 0 Å². The fourth-order valence-corrected chi connectivity index (χ4v) is 15.4. The number of amides is 1. The summed E-state index contributed by atoms with van der Waals surface area (Å²) in [6, 6.07) is 13.1. The Morgan fingerprint density at radius 3 is 1.60 bits per heavy atom. The number of Topliss-reactive ketones (excluding diaryl/α,β-unsaturated/α-hetero) is 4. The number of methoxy groups -OCH3 is 4. The van der Waals surface area contributed by atoms with Gasteiger partial charge in [0.05, 0.1) is 70.3 Å². The number of benzene rings is 3. The Balaban J connectivity index is 0.000000198. The molecule has 3 aromatic rings. The van der Waals surface area contributed by atoms with Crippen molar-refractivity contribution in [3.63, 3.8) is 0 Å². The number of piperazine rings is 2. The lowest BCUT2D eigenvalue weighted by molar-refractivity contribution is -0.125. The van der Waals surface area contributed by atoms with Gasteiger partial charge in [-0.3, -0.25) is 48.6 Å². The van der Waals surface area contributed by atoms with E-state index in [2.05, 4.69) is 37.0 Å². The molecular formula is C62H70N10O11S. The van der Waals surface area contributed by atoms with Crippen molar-refractivity contribution in [1.29, 1.82) is 10.5 Å². The molecule has 440 valence electrons. The van der Waals surface area contributed by atoms with Gasteiger partial charge < -0.3 is 44.9 Å². The topological polar surface area (TPSA) is 286 Å². The van der Waals surface area contributed by atoms with Crippen LogP contribution in [0.3, 0.4) is 0 Å². The van der Waals surface area contributed by atoms with Crippen LogP contribution in [0.1, 0.15) is 79.1 Å². The van der Waals surface area contributed by atoms with E-state index in [4.69, 9.17) is 24.7 Å². The Kier molecular flexibility index (Phi) is 16.5. The number of likely N-dealkylation sites (N-methyl/N-ethyl adjacent to an activating group) is 2. The summed E-state index contributed by atoms with van der Waals surface area (Å²) in [6.07, 6.45) is 1.46. The van der Waals surface area contributed by atoms with Crippen molar-refractivity contribution < 1.29 is 53.1 Å². The molecule has 2 aliphatic carbocycles. The number of allylic oxidation sites excluding steroid dienone is 4. The van der Waals surface area contributed by atoms with E-state index in [1.165, 1.54) is 40.4 Å². The Morgan fingerprint density at radius 1 is 0.714 bits per heavy atom. The number of nitrogens with two attached hydrogens (primary N) is 1. The standard InChI is InChI=1S/C36H40N6O6S.C26H30N4O5/c1-18-12-21-13-24-26(15-37)42-25(30(41(24)4)28(21)32(44)34(18)47-5)14-23-29(33(45)35(48-6)19(2)31(23)43)27(42)16-38-36(46)20(3)39-17-49-40-22-10-8-7-9-11-22;1-11-6-13-7-15-17(9-27)30-16(21(29(15)3)19(13)23(32)25(11)34-4)8-14-20(18(30)10-28)24(33)26(35-5)12(2)22(14)31/h7-12,17,20,24-27,30,40,44H,13-14,16H2,1-6H3,(H,38,46);6,15-18,21,32H,7-8,10,28H2,1-5H3/t20?,24-,25?,26-,27?,30-;15-,16?,17-,18?,21-/m00/s1. The van der Waals surface area contributed by atoms with Crippen LogP contribution in [0.25, 0.3) is 0 Å². The van der Waals surface area contributed by atoms with Crippen molar-refractivity contribution in [2.45, 2.75) is 127 Å². The molecule has 2 saturated heterocycles. The number of nitrogens with zero attached hydrogens (tertiary/aromatic N) is 7. The number of hydrogen-bond acceptors (Lipinski definition) is 21. The van der Waals surface area contributed by atoms with Crippen molar-refractivity contribution in [2.75, 3.05) is 60.3 Å². The second-order valence-electron chi connectivity index (χ2n) is 22.6. The number of aromatic hydroxyl groups is 2. The molecule has 4 bridgehead atoms. The number of fused-ring (bicyclic) bond motifs is 12. The van der Waals surface area contributed by atoms with Gasteiger partial charge in [0.2, 0.25) is 17.5 Å². The first-order chi connectivity index (χ1) is 40.2. The van der Waals surface area contributed by atoms with E-state index in [9.17, 15) is 44.7 Å². The van der Waals surface area contributed by atoms with Gasteiger partial charge in [0.15, 0.2) is 46.1 Å². The van der Waals surface area contributed by atoms with Crippen LogP contribution in [-0.4, -0.2) is 174 Å². The number of aryl methyl sites for hydroxylation is 2. The van der Waals surface area contributed by atoms with E-state index < -0.39 is 48.1 Å². The second-order valence-corrected chi connectivity index (χ2v) is 23.2. The Morgan fingerprint density at radius 2 is 1.17 bits per heavy atom. The van der Waals surface area contributed by atoms with Gasteiger partial charge in [-0.25, -0.2) is 0 Å². The molecule has 6 N–H and O–H groups in total. The lowest BCUT2D eigenvalue weighted by Gasteiger charge is -2.60. The number of carbonyl (C=O) groups excluding carboxylic acids is 5. The van der Waals surface area contributed by atoms with E-state index in [1.807, 2.05) is 80.2 Å². The predicted octanol–water partition coefficient (Wildman–Crippen LogP) is 4.90. The first-order valence-electron chi connectivity index (χ1n) is 27.9. The van der Waals surface area contributed by atoms with Crippen LogP contribution in [0, 0.1) is 36.5 Å². The van der Waals surface area contributed by atoms with E-state index in [-0.39, 0.29) is 113 Å². The lowest BCUT2D eigenvalue weighted by Crippen LogP contribution is -2.71. The summed E-state index contributed by atoms with van der Waals surface area (Å²) in [7, 11) is 9.66. The maximum Gasteiger partial charge on any atom is 0.244 e. The first-order valence-corrected chi connectivity index (χ1v) is 28.8. The third-order valence-electron chi connectivity index (χ3n) is 18.5. The zero-order valence-corrected chi connectivity index (χ0v) is 49.7. The molecule has 1 amide bonds. The van der Waals surface area contributed by atoms with Crippen molar-refractivity contribution in [2.24, 2.45) is 10.7 Å². The van der Waals surface area contributed by atoms with Gasteiger partial charge in [0.25, 0.3) is 0 Å². The fraction of sp³-hybridized carbons (Fsp3) is 0.452. The average molecular weight is 1160 g/mol. The maximum atomic E-state index is 14.1. The van der Waals surface area contributed by atoms with E-state index in [1.54, 1.807) is 26.3 Å². The lowest BCUT2D eigenvalue weighted by atomic mass is 9.69. The van der Waals surface area contributed by atoms with Gasteiger partial charge in [-0.05, 0) is 121 Å². The molecule has 22 heteroatoms. The van der Waals surface area contributed by atoms with Crippen LogP contribution in [-0.2, 0) is 46.3 Å². The molecule has 0 aromatic heterocycles. The van der Waals surface area contributed by atoms with Gasteiger partial charge in [0, 0.05) is 87.5 Å². The zero-order valence-electron chi connectivity index (χ0n) is 48.9. The molecule has 6 heterocycles. The van der Waals surface area contributed by atoms with Crippen LogP contribution in [0.4, 0.5) is 5.69 Å². The van der Waals surface area contributed by atoms with Crippen molar-refractivity contribution in [1.82, 2.24) is 24.9 Å². The van der Waals surface area contributed by atoms with Gasteiger partial charge >= 0.3 is 0 Å². The van der Waals surface area contributed by atoms with Crippen LogP contribution in [0.15, 0.2) is 92.4 Å². The number of ketones is 4. The van der Waals surface area contributed by atoms with Gasteiger partial charge in [0.1, 0.15) is 18.1 Å². The third kappa shape index (κ3) is 9.34. The number of carbonyl (C=O) groups is 5. The summed E-state index contributed by atoms with van der Waals surface area (Å²) in [6.45, 7) is 8.63. The van der Waals surface area contributed by atoms with Gasteiger partial charge in [-0.1, -0.05) is 30.3 Å². The minimum Gasteiger partial charge on any atom is -0.504 e. The quantitative estimate of drug-likeness (QED) is 0.0698. The maximum absolute atomic E-state index is 14.1. The third-order valence-corrected chi connectivity index (χ3v) is 19.1. The highest BCUT2D eigenvalue weighted by Crippen LogP contribution is 2.56. The SMILES string of the molecule is COC1=C(C)C(=O)C2=C(C1=O)C(CN)N1C(C2)[C@H]2c3c(cc(C)c(OC)c3O)C[C@@H]([C@@H]1C#N)N2C.COC1=C(C)C(=O)C2=C(C1=O)C(CNC(=O)C(C)N=CSNc1ccccc1)N1C(C2)[C@H]2c3c(cc(C)c(OC)c3O)C[C@@H]([C@@H]1C#N)N2C. The summed E-state index contributed by atoms with van der Waals surface area (Å²) in [5.74, 6) is -0.761. The summed E-state index contributed by atoms with van der Waals surface area (Å²) >= 11 is 1.23. The normalized spacial score (nSPS) is 27.7. The number of ether oxygens (including phenoxy) is 4. The molecule has 2 fully saturated rings. The highest BCUT2D eigenvalue weighted by atomic mass is 32.2. The highest BCUT2D eigenvalue weighted by molar-refractivity contribution is 8.13. The molecule has 0 radical (unpaired) electrons. The smallest absolute Gasteiger partial charge is 0.244 e. The van der Waals surface area contributed by atoms with Crippen LogP contribution >= 0.6 is 11.9 Å². The van der Waals surface area contributed by atoms with Crippen LogP contribution < -0.4 is 25.2 Å². The number of nitrogens with one attached hydrogen (secondary N) is 2. The van der Waals surface area contributed by atoms with E-state index in [0.717, 1.165) is 33.5 Å². The summed E-state index contributed by atoms with van der Waals surface area (Å²) in [5.41, 5.74) is 15.5. The fourth-order valence-electron chi connectivity index (χ4n) is 14.8. The molecule has 6 aliphatic heterocycles. The Labute approximate surface area is 492 Å². The summed E-state index contributed by atoms with van der Waals surface area (Å²) in [5, 5.41) is 46.9. The largest absolute Gasteiger partial charge is 0.504 e.